The monoisotopic (exact) mass is 319 g/mol. The summed E-state index contributed by atoms with van der Waals surface area (Å²) in [4.78, 5) is 27.7. The SMILES string of the molecule is CN(C(=O)CNCC1CC1)C1CCN(c2ccccc2F)C1=O. The summed E-state index contributed by atoms with van der Waals surface area (Å²) in [6, 6.07) is 5.72. The molecule has 1 aromatic carbocycles. The van der Waals surface area contributed by atoms with Gasteiger partial charge in [-0.25, -0.2) is 4.39 Å². The number of anilines is 1. The predicted molar refractivity (Wildman–Crippen MR) is 85.5 cm³/mol. The Morgan fingerprint density at radius 1 is 1.35 bits per heavy atom. The van der Waals surface area contributed by atoms with Crippen LogP contribution in [0.4, 0.5) is 10.1 Å². The Hall–Kier alpha value is -1.95. The molecule has 0 radical (unpaired) electrons. The molecule has 1 N–H and O–H groups in total. The van der Waals surface area contributed by atoms with Crippen LogP contribution in [0.25, 0.3) is 0 Å². The minimum atomic E-state index is -0.509. The third kappa shape index (κ3) is 3.52. The molecular formula is C17H22FN3O2. The second kappa shape index (κ2) is 6.66. The van der Waals surface area contributed by atoms with E-state index in [4.69, 9.17) is 0 Å². The molecular weight excluding hydrogens is 297 g/mol. The molecule has 1 atom stereocenters. The highest BCUT2D eigenvalue weighted by Crippen LogP contribution is 2.28. The number of halogens is 1. The molecule has 1 heterocycles. The molecule has 1 saturated heterocycles. The molecule has 0 bridgehead atoms. The average Bonchev–Trinajstić information content (AvgIpc) is 3.29. The first kappa shape index (κ1) is 15.9. The maximum Gasteiger partial charge on any atom is 0.249 e. The van der Waals surface area contributed by atoms with Gasteiger partial charge < -0.3 is 15.1 Å². The highest BCUT2D eigenvalue weighted by Gasteiger charge is 2.37. The Morgan fingerprint density at radius 2 is 2.09 bits per heavy atom. The molecule has 1 aliphatic heterocycles. The molecule has 1 aliphatic carbocycles. The van der Waals surface area contributed by atoms with Crippen molar-refractivity contribution < 1.29 is 14.0 Å². The molecule has 0 spiro atoms. The highest BCUT2D eigenvalue weighted by molar-refractivity contribution is 6.01. The smallest absolute Gasteiger partial charge is 0.249 e. The maximum absolute atomic E-state index is 13.9. The minimum absolute atomic E-state index is 0.0978. The van der Waals surface area contributed by atoms with Crippen LogP contribution in [0.1, 0.15) is 19.3 Å². The van der Waals surface area contributed by atoms with Crippen molar-refractivity contribution in [1.29, 1.82) is 0 Å². The zero-order chi connectivity index (χ0) is 16.4. The molecule has 0 aromatic heterocycles. The third-order valence-electron chi connectivity index (χ3n) is 4.59. The number of amides is 2. The van der Waals surface area contributed by atoms with Gasteiger partial charge in [0.15, 0.2) is 0 Å². The van der Waals surface area contributed by atoms with Crippen LogP contribution < -0.4 is 10.2 Å². The van der Waals surface area contributed by atoms with Gasteiger partial charge in [-0.2, -0.15) is 0 Å². The maximum atomic E-state index is 13.9. The van der Waals surface area contributed by atoms with E-state index in [9.17, 15) is 14.0 Å². The Kier molecular flexibility index (Phi) is 4.61. The third-order valence-corrected chi connectivity index (χ3v) is 4.59. The van der Waals surface area contributed by atoms with Gasteiger partial charge in [-0.15, -0.1) is 0 Å². The number of carbonyl (C=O) groups is 2. The zero-order valence-electron chi connectivity index (χ0n) is 13.3. The lowest BCUT2D eigenvalue weighted by atomic mass is 10.2. The summed E-state index contributed by atoms with van der Waals surface area (Å²) >= 11 is 0. The number of nitrogens with one attached hydrogen (secondary N) is 1. The van der Waals surface area contributed by atoms with E-state index in [0.717, 1.165) is 6.54 Å². The summed E-state index contributed by atoms with van der Waals surface area (Å²) < 4.78 is 13.9. The fourth-order valence-corrected chi connectivity index (χ4v) is 2.94. The summed E-state index contributed by atoms with van der Waals surface area (Å²) in [7, 11) is 1.65. The van der Waals surface area contributed by atoms with Gasteiger partial charge in [0, 0.05) is 13.6 Å². The Balaban J connectivity index is 1.59. The molecule has 6 heteroatoms. The van der Waals surface area contributed by atoms with E-state index in [1.54, 1.807) is 25.2 Å². The van der Waals surface area contributed by atoms with Crippen LogP contribution in [0.5, 0.6) is 0 Å². The van der Waals surface area contributed by atoms with Gasteiger partial charge in [0.05, 0.1) is 12.2 Å². The molecule has 1 saturated carbocycles. The van der Waals surface area contributed by atoms with E-state index < -0.39 is 11.9 Å². The predicted octanol–water partition coefficient (Wildman–Crippen LogP) is 1.39. The van der Waals surface area contributed by atoms with Crippen LogP contribution in [-0.2, 0) is 9.59 Å². The van der Waals surface area contributed by atoms with E-state index in [0.29, 0.717) is 18.9 Å². The number of hydrogen-bond donors (Lipinski definition) is 1. The number of nitrogens with zero attached hydrogens (tertiary/aromatic N) is 2. The van der Waals surface area contributed by atoms with Crippen molar-refractivity contribution in [2.75, 3.05) is 31.6 Å². The molecule has 2 aliphatic rings. The normalized spacial score (nSPS) is 20.9. The quantitative estimate of drug-likeness (QED) is 0.862. The fourth-order valence-electron chi connectivity index (χ4n) is 2.94. The van der Waals surface area contributed by atoms with Gasteiger partial charge >= 0.3 is 0 Å². The van der Waals surface area contributed by atoms with E-state index in [1.165, 1.54) is 28.7 Å². The molecule has 23 heavy (non-hydrogen) atoms. The van der Waals surface area contributed by atoms with Gasteiger partial charge in [-0.1, -0.05) is 12.1 Å². The summed E-state index contributed by atoms with van der Waals surface area (Å²) in [5.41, 5.74) is 0.285. The zero-order valence-corrected chi connectivity index (χ0v) is 13.3. The van der Waals surface area contributed by atoms with Crippen LogP contribution in [0.2, 0.25) is 0 Å². The van der Waals surface area contributed by atoms with Crippen LogP contribution in [-0.4, -0.2) is 49.4 Å². The van der Waals surface area contributed by atoms with Crippen molar-refractivity contribution in [3.05, 3.63) is 30.1 Å². The molecule has 2 fully saturated rings. The number of hydrogen-bond acceptors (Lipinski definition) is 3. The molecule has 1 aromatic rings. The van der Waals surface area contributed by atoms with Crippen molar-refractivity contribution >= 4 is 17.5 Å². The number of benzene rings is 1. The lowest BCUT2D eigenvalue weighted by Gasteiger charge is -2.24. The second-order valence-electron chi connectivity index (χ2n) is 6.32. The van der Waals surface area contributed by atoms with Gasteiger partial charge in [-0.05, 0) is 43.9 Å². The van der Waals surface area contributed by atoms with Gasteiger partial charge in [0.2, 0.25) is 11.8 Å². The van der Waals surface area contributed by atoms with Gasteiger partial charge in [0.25, 0.3) is 0 Å². The highest BCUT2D eigenvalue weighted by atomic mass is 19.1. The Bertz CT molecular complexity index is 603. The first-order valence-electron chi connectivity index (χ1n) is 8.10. The number of rotatable bonds is 6. The summed E-state index contributed by atoms with van der Waals surface area (Å²) in [6.07, 6.45) is 2.99. The molecule has 124 valence electrons. The van der Waals surface area contributed by atoms with Crippen molar-refractivity contribution in [2.45, 2.75) is 25.3 Å². The lowest BCUT2D eigenvalue weighted by molar-refractivity contribution is -0.135. The van der Waals surface area contributed by atoms with Crippen LogP contribution in [0.15, 0.2) is 24.3 Å². The summed E-state index contributed by atoms with van der Waals surface area (Å²) in [5, 5.41) is 3.14. The van der Waals surface area contributed by atoms with E-state index in [2.05, 4.69) is 5.32 Å². The van der Waals surface area contributed by atoms with Crippen molar-refractivity contribution in [2.24, 2.45) is 5.92 Å². The first-order valence-corrected chi connectivity index (χ1v) is 8.10. The largest absolute Gasteiger partial charge is 0.333 e. The van der Waals surface area contributed by atoms with Crippen molar-refractivity contribution in [3.63, 3.8) is 0 Å². The van der Waals surface area contributed by atoms with E-state index in [1.807, 2.05) is 0 Å². The molecule has 1 unspecified atom stereocenters. The van der Waals surface area contributed by atoms with Crippen molar-refractivity contribution in [3.8, 4) is 0 Å². The molecule has 3 rings (SSSR count). The van der Waals surface area contributed by atoms with E-state index in [-0.39, 0.29) is 24.0 Å². The minimum Gasteiger partial charge on any atom is -0.333 e. The second-order valence-corrected chi connectivity index (χ2v) is 6.32. The van der Waals surface area contributed by atoms with Crippen LogP contribution in [0.3, 0.4) is 0 Å². The van der Waals surface area contributed by atoms with Crippen LogP contribution in [0, 0.1) is 11.7 Å². The standard InChI is InChI=1S/C17H22FN3O2/c1-20(16(22)11-19-10-12-6-7-12)15-8-9-21(17(15)23)14-5-3-2-4-13(14)18/h2-5,12,15,19H,6-11H2,1H3. The Morgan fingerprint density at radius 3 is 2.78 bits per heavy atom. The number of likely N-dealkylation sites (N-methyl/N-ethyl adjacent to an activating group) is 1. The lowest BCUT2D eigenvalue weighted by Crippen LogP contribution is -2.46. The number of carbonyl (C=O) groups excluding carboxylic acids is 2. The first-order chi connectivity index (χ1) is 11.1. The van der Waals surface area contributed by atoms with Crippen LogP contribution >= 0.6 is 0 Å². The summed E-state index contributed by atoms with van der Waals surface area (Å²) in [5.74, 6) is -0.0214. The van der Waals surface area contributed by atoms with Crippen molar-refractivity contribution in [1.82, 2.24) is 10.2 Å². The molecule has 2 amide bonds. The molecule has 5 nitrogen and oxygen atoms in total. The van der Waals surface area contributed by atoms with Gasteiger partial charge in [-0.3, -0.25) is 9.59 Å². The Labute approximate surface area is 135 Å². The fraction of sp³-hybridized carbons (Fsp3) is 0.529. The van der Waals surface area contributed by atoms with Gasteiger partial charge in [0.1, 0.15) is 11.9 Å². The topological polar surface area (TPSA) is 52.7 Å². The van der Waals surface area contributed by atoms with E-state index >= 15 is 0 Å². The average molecular weight is 319 g/mol. The summed E-state index contributed by atoms with van der Waals surface area (Å²) in [6.45, 7) is 1.54. The number of para-hydroxylation sites is 1.